The molecule has 1 N–H and O–H groups in total. The van der Waals surface area contributed by atoms with Crippen molar-refractivity contribution in [2.24, 2.45) is 0 Å². The predicted molar refractivity (Wildman–Crippen MR) is 26.3 cm³/mol. The first kappa shape index (κ1) is 4.32. The van der Waals surface area contributed by atoms with Crippen LogP contribution in [0.25, 0.3) is 0 Å². The Morgan fingerprint density at radius 2 is 2.62 bits per heavy atom. The predicted octanol–water partition coefficient (Wildman–Crippen LogP) is -0.726. The molecular formula is C5H7NO2. The van der Waals surface area contributed by atoms with E-state index in [1.165, 1.54) is 0 Å². The minimum atomic E-state index is -0.0683. The number of rotatable bonds is 0. The van der Waals surface area contributed by atoms with Crippen LogP contribution in [0.3, 0.4) is 0 Å². The van der Waals surface area contributed by atoms with Crippen LogP contribution >= 0.6 is 0 Å². The number of fused-ring (bicyclic) bond motifs is 2. The van der Waals surface area contributed by atoms with E-state index in [4.69, 9.17) is 4.74 Å². The van der Waals surface area contributed by atoms with E-state index in [2.05, 4.69) is 5.32 Å². The monoisotopic (exact) mass is 113 g/mol. The van der Waals surface area contributed by atoms with Crippen LogP contribution in [0.5, 0.6) is 0 Å². The van der Waals surface area contributed by atoms with Crippen LogP contribution in [0, 0.1) is 0 Å². The van der Waals surface area contributed by atoms with Crippen molar-refractivity contribution in [2.45, 2.75) is 18.6 Å². The Balaban J connectivity index is 2.22. The zero-order valence-corrected chi connectivity index (χ0v) is 4.39. The lowest BCUT2D eigenvalue weighted by atomic mass is 10.2. The van der Waals surface area contributed by atoms with Gasteiger partial charge in [-0.2, -0.15) is 0 Å². The van der Waals surface area contributed by atoms with Gasteiger partial charge < -0.3 is 10.1 Å². The lowest BCUT2D eigenvalue weighted by Gasteiger charge is -2.09. The Labute approximate surface area is 47.0 Å². The van der Waals surface area contributed by atoms with Gasteiger partial charge in [-0.25, -0.2) is 0 Å². The van der Waals surface area contributed by atoms with Crippen LogP contribution in [-0.4, -0.2) is 24.7 Å². The number of carbonyl (C=O) groups is 1. The van der Waals surface area contributed by atoms with Crippen LogP contribution in [0.1, 0.15) is 6.42 Å². The van der Waals surface area contributed by atoms with Crippen molar-refractivity contribution in [3.8, 4) is 0 Å². The zero-order chi connectivity index (χ0) is 5.56. The summed E-state index contributed by atoms with van der Waals surface area (Å²) in [6, 6.07) is 0.0278. The highest BCUT2D eigenvalue weighted by Crippen LogP contribution is 2.19. The smallest absolute Gasteiger partial charge is 0.323 e. The molecule has 0 radical (unpaired) electrons. The summed E-state index contributed by atoms with van der Waals surface area (Å²) in [4.78, 5) is 10.6. The van der Waals surface area contributed by atoms with E-state index in [0.29, 0.717) is 0 Å². The first-order chi connectivity index (χ1) is 3.86. The number of hydrogen-bond acceptors (Lipinski definition) is 3. The lowest BCUT2D eigenvalue weighted by molar-refractivity contribution is -0.145. The molecule has 0 spiro atoms. The van der Waals surface area contributed by atoms with Gasteiger partial charge in [0.2, 0.25) is 0 Å². The van der Waals surface area contributed by atoms with Crippen molar-refractivity contribution in [2.75, 3.05) is 6.54 Å². The summed E-state index contributed by atoms with van der Waals surface area (Å²) < 4.78 is 4.86. The van der Waals surface area contributed by atoms with E-state index in [9.17, 15) is 4.79 Å². The summed E-state index contributed by atoms with van der Waals surface area (Å²) in [5, 5.41) is 3.03. The molecule has 2 heterocycles. The Kier molecular flexibility index (Phi) is 0.663. The van der Waals surface area contributed by atoms with E-state index in [1.807, 2.05) is 0 Å². The van der Waals surface area contributed by atoms with Gasteiger partial charge in [0.15, 0.2) is 0 Å². The van der Waals surface area contributed by atoms with Crippen LogP contribution in [-0.2, 0) is 9.53 Å². The van der Waals surface area contributed by atoms with Crippen molar-refractivity contribution >= 4 is 5.97 Å². The maximum absolute atomic E-state index is 10.6. The molecule has 0 amide bonds. The van der Waals surface area contributed by atoms with E-state index in [0.717, 1.165) is 13.0 Å². The van der Waals surface area contributed by atoms with Crippen LogP contribution in [0.15, 0.2) is 0 Å². The van der Waals surface area contributed by atoms with Gasteiger partial charge >= 0.3 is 5.97 Å². The van der Waals surface area contributed by atoms with Gasteiger partial charge in [-0.15, -0.1) is 0 Å². The van der Waals surface area contributed by atoms with Crippen molar-refractivity contribution in [1.29, 1.82) is 0 Å². The molecule has 2 bridgehead atoms. The lowest BCUT2D eigenvalue weighted by Crippen LogP contribution is -2.35. The summed E-state index contributed by atoms with van der Waals surface area (Å²) in [5.41, 5.74) is 0. The molecule has 2 aliphatic heterocycles. The van der Waals surface area contributed by atoms with Crippen LogP contribution < -0.4 is 5.32 Å². The van der Waals surface area contributed by atoms with Gasteiger partial charge in [-0.1, -0.05) is 0 Å². The highest BCUT2D eigenvalue weighted by atomic mass is 16.6. The van der Waals surface area contributed by atoms with Gasteiger partial charge in [0.05, 0.1) is 0 Å². The third kappa shape index (κ3) is 0.395. The largest absolute Gasteiger partial charge is 0.460 e. The molecule has 1 unspecified atom stereocenters. The van der Waals surface area contributed by atoms with Gasteiger partial charge in [-0.05, 0) is 0 Å². The Morgan fingerprint density at radius 3 is 2.88 bits per heavy atom. The highest BCUT2D eigenvalue weighted by molar-refractivity contribution is 5.79. The van der Waals surface area contributed by atoms with E-state index >= 15 is 0 Å². The number of hydrogen-bond donors (Lipinski definition) is 1. The quantitative estimate of drug-likeness (QED) is 0.421. The average Bonchev–Trinajstić information content (AvgIpc) is 2.23. The number of esters is 1. The number of morpholine rings is 1. The van der Waals surface area contributed by atoms with Crippen molar-refractivity contribution < 1.29 is 9.53 Å². The first-order valence-electron chi connectivity index (χ1n) is 2.80. The minimum Gasteiger partial charge on any atom is -0.460 e. The summed E-state index contributed by atoms with van der Waals surface area (Å²) in [5.74, 6) is -0.0683. The van der Waals surface area contributed by atoms with Crippen LogP contribution in [0.4, 0.5) is 0 Å². The topological polar surface area (TPSA) is 38.3 Å². The molecule has 3 heteroatoms. The second kappa shape index (κ2) is 1.23. The molecule has 0 saturated carbocycles. The summed E-state index contributed by atoms with van der Waals surface area (Å²) in [6.45, 7) is 0.858. The maximum Gasteiger partial charge on any atom is 0.323 e. The third-order valence-corrected chi connectivity index (χ3v) is 1.66. The highest BCUT2D eigenvalue weighted by Gasteiger charge is 2.39. The SMILES string of the molecule is O=C1O[C@@H]2CNC1C2. The molecule has 2 rings (SSSR count). The van der Waals surface area contributed by atoms with Crippen molar-refractivity contribution in [3.05, 3.63) is 0 Å². The molecule has 0 aromatic carbocycles. The molecule has 8 heavy (non-hydrogen) atoms. The molecular weight excluding hydrogens is 106 g/mol. The van der Waals surface area contributed by atoms with Gasteiger partial charge in [-0.3, -0.25) is 4.79 Å². The fourth-order valence-corrected chi connectivity index (χ4v) is 1.22. The average molecular weight is 113 g/mol. The molecule has 0 aromatic heterocycles. The second-order valence-electron chi connectivity index (χ2n) is 2.26. The minimum absolute atomic E-state index is 0.0278. The third-order valence-electron chi connectivity index (χ3n) is 1.66. The maximum atomic E-state index is 10.6. The standard InChI is InChI=1S/C5H7NO2/c7-5-4-1-3(8-5)2-6-4/h3-4,6H,1-2H2/t3-,4?/m0/s1. The van der Waals surface area contributed by atoms with Gasteiger partial charge in [0.25, 0.3) is 0 Å². The van der Waals surface area contributed by atoms with E-state index in [1.54, 1.807) is 0 Å². The fraction of sp³-hybridized carbons (Fsp3) is 0.800. The summed E-state index contributed by atoms with van der Waals surface area (Å²) >= 11 is 0. The van der Waals surface area contributed by atoms with E-state index in [-0.39, 0.29) is 18.1 Å². The van der Waals surface area contributed by atoms with Crippen molar-refractivity contribution in [3.63, 3.8) is 0 Å². The number of ether oxygens (including phenoxy) is 1. The molecule has 3 nitrogen and oxygen atoms in total. The normalized spacial score (nSPS) is 42.8. The number of nitrogens with one attached hydrogen (secondary N) is 1. The fourth-order valence-electron chi connectivity index (χ4n) is 1.22. The molecule has 2 atom stereocenters. The molecule has 2 saturated heterocycles. The first-order valence-corrected chi connectivity index (χ1v) is 2.80. The molecule has 2 aliphatic rings. The van der Waals surface area contributed by atoms with Gasteiger partial charge in [0, 0.05) is 13.0 Å². The van der Waals surface area contributed by atoms with E-state index < -0.39 is 0 Å². The molecule has 0 aromatic rings. The molecule has 44 valence electrons. The Hall–Kier alpha value is -0.570. The molecule has 2 fully saturated rings. The summed E-state index contributed by atoms with van der Waals surface area (Å²) in [7, 11) is 0. The van der Waals surface area contributed by atoms with Crippen LogP contribution in [0.2, 0.25) is 0 Å². The van der Waals surface area contributed by atoms with Gasteiger partial charge in [0.1, 0.15) is 12.1 Å². The summed E-state index contributed by atoms with van der Waals surface area (Å²) in [6.07, 6.45) is 1.08. The Morgan fingerprint density at radius 1 is 1.75 bits per heavy atom. The molecule has 0 aliphatic carbocycles. The Bertz CT molecular complexity index is 134. The second-order valence-corrected chi connectivity index (χ2v) is 2.26. The number of carbonyl (C=O) groups excluding carboxylic acids is 1. The van der Waals surface area contributed by atoms with Crippen molar-refractivity contribution in [1.82, 2.24) is 5.32 Å². The zero-order valence-electron chi connectivity index (χ0n) is 4.39.